The molecule has 4 rings (SSSR count). The Labute approximate surface area is 147 Å². The lowest BCUT2D eigenvalue weighted by atomic mass is 10.1. The van der Waals surface area contributed by atoms with Gasteiger partial charge in [0.15, 0.2) is 5.82 Å². The maximum Gasteiger partial charge on any atom is 0.216 e. The standard InChI is InChI=1S/C17H15FN4O2S/c18-13-5-2-1-4-12(13)14-8-7-11(24-14)10-19-22-16(20-21-17(22)25)15-6-3-9-23-15/h1-2,4-5,7-8,10,15H,3,6,9H2,(H,21,25)/b19-10-/t15-/m0/s1. The fourth-order valence-corrected chi connectivity index (χ4v) is 2.93. The molecule has 1 aliphatic rings. The molecule has 0 saturated carbocycles. The molecule has 1 aliphatic heterocycles. The van der Waals surface area contributed by atoms with Gasteiger partial charge in [-0.05, 0) is 49.3 Å². The highest BCUT2D eigenvalue weighted by molar-refractivity contribution is 7.71. The summed E-state index contributed by atoms with van der Waals surface area (Å²) in [4.78, 5) is 0. The summed E-state index contributed by atoms with van der Waals surface area (Å²) >= 11 is 5.22. The first-order chi connectivity index (χ1) is 12.2. The van der Waals surface area contributed by atoms with Gasteiger partial charge < -0.3 is 9.15 Å². The molecular formula is C17H15FN4O2S. The van der Waals surface area contributed by atoms with Gasteiger partial charge in [0.25, 0.3) is 0 Å². The summed E-state index contributed by atoms with van der Waals surface area (Å²) in [6, 6.07) is 9.88. The third-order valence-electron chi connectivity index (χ3n) is 3.96. The van der Waals surface area contributed by atoms with Crippen LogP contribution >= 0.6 is 12.2 Å². The van der Waals surface area contributed by atoms with Crippen molar-refractivity contribution >= 4 is 18.4 Å². The van der Waals surface area contributed by atoms with Crippen LogP contribution < -0.4 is 0 Å². The van der Waals surface area contributed by atoms with Crippen LogP contribution in [0.2, 0.25) is 0 Å². The number of rotatable bonds is 4. The number of furan rings is 1. The molecule has 1 atom stereocenters. The molecule has 8 heteroatoms. The molecule has 0 aliphatic carbocycles. The predicted molar refractivity (Wildman–Crippen MR) is 92.4 cm³/mol. The van der Waals surface area contributed by atoms with Crippen LogP contribution in [0.3, 0.4) is 0 Å². The Hall–Kier alpha value is -2.58. The van der Waals surface area contributed by atoms with Gasteiger partial charge in [0.1, 0.15) is 23.4 Å². The SMILES string of the molecule is Fc1ccccc1-c1ccc(/C=N\n2c([C@@H]3CCCO3)n[nH]c2=S)o1. The quantitative estimate of drug-likeness (QED) is 0.564. The maximum atomic E-state index is 13.8. The predicted octanol–water partition coefficient (Wildman–Crippen LogP) is 4.07. The molecule has 1 N–H and O–H groups in total. The summed E-state index contributed by atoms with van der Waals surface area (Å²) in [6.45, 7) is 0.707. The second-order valence-electron chi connectivity index (χ2n) is 5.63. The molecule has 1 aromatic carbocycles. The smallest absolute Gasteiger partial charge is 0.216 e. The van der Waals surface area contributed by atoms with E-state index in [9.17, 15) is 4.39 Å². The average Bonchev–Trinajstić information content (AvgIpc) is 3.34. The first kappa shape index (κ1) is 15.9. The van der Waals surface area contributed by atoms with Crippen LogP contribution in [-0.4, -0.2) is 27.7 Å². The van der Waals surface area contributed by atoms with E-state index in [1.54, 1.807) is 30.3 Å². The van der Waals surface area contributed by atoms with Gasteiger partial charge in [0.2, 0.25) is 4.77 Å². The van der Waals surface area contributed by atoms with E-state index in [0.29, 0.717) is 34.3 Å². The van der Waals surface area contributed by atoms with Crippen molar-refractivity contribution in [1.29, 1.82) is 0 Å². The van der Waals surface area contributed by atoms with Gasteiger partial charge in [0, 0.05) is 6.61 Å². The largest absolute Gasteiger partial charge is 0.455 e. The van der Waals surface area contributed by atoms with Gasteiger partial charge >= 0.3 is 0 Å². The van der Waals surface area contributed by atoms with E-state index in [-0.39, 0.29) is 11.9 Å². The third-order valence-corrected chi connectivity index (χ3v) is 4.22. The zero-order valence-corrected chi connectivity index (χ0v) is 14.0. The molecular weight excluding hydrogens is 343 g/mol. The summed E-state index contributed by atoms with van der Waals surface area (Å²) in [5.74, 6) is 1.23. The van der Waals surface area contributed by atoms with Gasteiger partial charge in [0.05, 0.1) is 11.8 Å². The zero-order valence-electron chi connectivity index (χ0n) is 13.2. The lowest BCUT2D eigenvalue weighted by Gasteiger charge is -2.06. The van der Waals surface area contributed by atoms with E-state index in [0.717, 1.165) is 12.8 Å². The van der Waals surface area contributed by atoms with Gasteiger partial charge in [-0.15, -0.1) is 0 Å². The van der Waals surface area contributed by atoms with Crippen molar-refractivity contribution in [1.82, 2.24) is 14.9 Å². The van der Waals surface area contributed by atoms with E-state index in [2.05, 4.69) is 15.3 Å². The van der Waals surface area contributed by atoms with E-state index >= 15 is 0 Å². The van der Waals surface area contributed by atoms with E-state index in [1.165, 1.54) is 17.0 Å². The number of aromatic nitrogens is 3. The summed E-state index contributed by atoms with van der Waals surface area (Å²) < 4.78 is 27.0. The maximum absolute atomic E-state index is 13.8. The Balaban J connectivity index is 1.60. The minimum atomic E-state index is -0.335. The summed E-state index contributed by atoms with van der Waals surface area (Å²) in [7, 11) is 0. The Morgan fingerprint density at radius 1 is 1.32 bits per heavy atom. The second-order valence-corrected chi connectivity index (χ2v) is 6.01. The molecule has 25 heavy (non-hydrogen) atoms. The molecule has 1 fully saturated rings. The fraction of sp³-hybridized carbons (Fsp3) is 0.235. The van der Waals surface area contributed by atoms with E-state index in [1.807, 2.05) is 0 Å². The van der Waals surface area contributed by atoms with Crippen LogP contribution in [0, 0.1) is 10.6 Å². The van der Waals surface area contributed by atoms with Gasteiger partial charge in [-0.1, -0.05) is 12.1 Å². The molecule has 6 nitrogen and oxygen atoms in total. The number of hydrogen-bond donors (Lipinski definition) is 1. The van der Waals surface area contributed by atoms with Crippen molar-refractivity contribution in [3.05, 3.63) is 58.6 Å². The number of benzene rings is 1. The molecule has 3 heterocycles. The Morgan fingerprint density at radius 2 is 2.20 bits per heavy atom. The number of H-pyrrole nitrogens is 1. The van der Waals surface area contributed by atoms with E-state index < -0.39 is 0 Å². The van der Waals surface area contributed by atoms with Crippen molar-refractivity contribution < 1.29 is 13.5 Å². The normalized spacial score (nSPS) is 17.6. The molecule has 0 unspecified atom stereocenters. The molecule has 0 amide bonds. The highest BCUT2D eigenvalue weighted by Crippen LogP contribution is 2.27. The first-order valence-corrected chi connectivity index (χ1v) is 8.31. The van der Waals surface area contributed by atoms with Crippen LogP contribution in [0.4, 0.5) is 4.39 Å². The number of aromatic amines is 1. The molecule has 2 aromatic heterocycles. The lowest BCUT2D eigenvalue weighted by molar-refractivity contribution is 0.102. The van der Waals surface area contributed by atoms with Gasteiger partial charge in [-0.3, -0.25) is 5.10 Å². The Morgan fingerprint density at radius 3 is 3.00 bits per heavy atom. The minimum Gasteiger partial charge on any atom is -0.455 e. The number of nitrogens with zero attached hydrogens (tertiary/aromatic N) is 3. The zero-order chi connectivity index (χ0) is 17.2. The summed E-state index contributed by atoms with van der Waals surface area (Å²) in [5.41, 5.74) is 0.405. The highest BCUT2D eigenvalue weighted by atomic mass is 32.1. The van der Waals surface area contributed by atoms with Crippen molar-refractivity contribution in [3.63, 3.8) is 0 Å². The lowest BCUT2D eigenvalue weighted by Crippen LogP contribution is -2.05. The van der Waals surface area contributed by atoms with Crippen molar-refractivity contribution in [2.24, 2.45) is 5.10 Å². The number of hydrogen-bond acceptors (Lipinski definition) is 5. The van der Waals surface area contributed by atoms with Crippen LogP contribution in [0.1, 0.15) is 30.5 Å². The average molecular weight is 358 g/mol. The van der Waals surface area contributed by atoms with Crippen LogP contribution in [0.15, 0.2) is 45.9 Å². The Bertz CT molecular complexity index is 969. The summed E-state index contributed by atoms with van der Waals surface area (Å²) in [5, 5.41) is 11.3. The number of nitrogens with one attached hydrogen (secondary N) is 1. The van der Waals surface area contributed by atoms with Crippen LogP contribution in [-0.2, 0) is 4.74 Å². The summed E-state index contributed by atoms with van der Waals surface area (Å²) in [6.07, 6.45) is 3.27. The highest BCUT2D eigenvalue weighted by Gasteiger charge is 2.23. The van der Waals surface area contributed by atoms with E-state index in [4.69, 9.17) is 21.4 Å². The first-order valence-electron chi connectivity index (χ1n) is 7.90. The molecule has 1 saturated heterocycles. The second kappa shape index (κ2) is 6.73. The van der Waals surface area contributed by atoms with Gasteiger partial charge in [-0.25, -0.2) is 4.39 Å². The van der Waals surface area contributed by atoms with Crippen molar-refractivity contribution in [2.75, 3.05) is 6.61 Å². The van der Waals surface area contributed by atoms with Crippen molar-refractivity contribution in [2.45, 2.75) is 18.9 Å². The molecule has 3 aromatic rings. The molecule has 0 radical (unpaired) electrons. The van der Waals surface area contributed by atoms with Crippen LogP contribution in [0.25, 0.3) is 11.3 Å². The third kappa shape index (κ3) is 3.18. The van der Waals surface area contributed by atoms with Gasteiger partial charge in [-0.2, -0.15) is 14.9 Å². The molecule has 0 spiro atoms. The monoisotopic (exact) mass is 358 g/mol. The van der Waals surface area contributed by atoms with Crippen LogP contribution in [0.5, 0.6) is 0 Å². The number of halogens is 1. The minimum absolute atomic E-state index is 0.115. The topological polar surface area (TPSA) is 68.3 Å². The molecule has 0 bridgehead atoms. The fourth-order valence-electron chi connectivity index (χ4n) is 2.75. The number of ether oxygens (including phenoxy) is 1. The molecule has 128 valence electrons. The Kier molecular flexibility index (Phi) is 4.29. The van der Waals surface area contributed by atoms with Crippen molar-refractivity contribution in [3.8, 4) is 11.3 Å².